The average Bonchev–Trinajstić information content (AvgIpc) is 2.63. The Morgan fingerprint density at radius 1 is 1.36 bits per heavy atom. The van der Waals surface area contributed by atoms with Gasteiger partial charge >= 0.3 is 0 Å². The molecule has 0 aromatic carbocycles. The van der Waals surface area contributed by atoms with Gasteiger partial charge in [-0.3, -0.25) is 0 Å². The van der Waals surface area contributed by atoms with E-state index in [0.29, 0.717) is 0 Å². The molecule has 0 aromatic heterocycles. The van der Waals surface area contributed by atoms with Crippen molar-refractivity contribution in [3.05, 3.63) is 0 Å². The van der Waals surface area contributed by atoms with Crippen LogP contribution in [0, 0.1) is 5.92 Å². The molecule has 1 saturated heterocycles. The second-order valence-electron chi connectivity index (χ2n) is 4.23. The van der Waals surface area contributed by atoms with Crippen molar-refractivity contribution >= 4 is 0 Å². The van der Waals surface area contributed by atoms with E-state index in [4.69, 9.17) is 5.73 Å². The van der Waals surface area contributed by atoms with Crippen LogP contribution in [0.5, 0.6) is 0 Å². The van der Waals surface area contributed by atoms with Gasteiger partial charge in [0.25, 0.3) is 0 Å². The van der Waals surface area contributed by atoms with E-state index in [0.717, 1.165) is 19.0 Å². The zero-order valence-electron chi connectivity index (χ0n) is 9.71. The summed E-state index contributed by atoms with van der Waals surface area (Å²) in [6, 6.07) is 0. The number of hydrogen-bond donors (Lipinski definition) is 1. The number of nitrogens with two attached hydrogens (primary N) is 1. The minimum absolute atomic E-state index is 0.804. The minimum atomic E-state index is 0.804. The van der Waals surface area contributed by atoms with Crippen LogP contribution in [0.4, 0.5) is 0 Å². The Labute approximate surface area is 88.2 Å². The highest BCUT2D eigenvalue weighted by Gasteiger charge is 2.22. The van der Waals surface area contributed by atoms with Gasteiger partial charge in [-0.25, -0.2) is 0 Å². The normalized spacial score (nSPS) is 23.6. The third kappa shape index (κ3) is 3.56. The zero-order valence-corrected chi connectivity index (χ0v) is 9.71. The van der Waals surface area contributed by atoms with Gasteiger partial charge in [0, 0.05) is 26.2 Å². The van der Waals surface area contributed by atoms with E-state index < -0.39 is 0 Å². The van der Waals surface area contributed by atoms with Crippen LogP contribution < -0.4 is 5.73 Å². The van der Waals surface area contributed by atoms with Gasteiger partial charge < -0.3 is 15.5 Å². The lowest BCUT2D eigenvalue weighted by atomic mass is 10.1. The molecule has 0 aromatic rings. The zero-order chi connectivity index (χ0) is 10.4. The fourth-order valence-corrected chi connectivity index (χ4v) is 2.29. The third-order valence-corrected chi connectivity index (χ3v) is 3.23. The SMILES string of the molecule is CCN(CC)CC1CCN(CCN)C1. The smallest absolute Gasteiger partial charge is 0.0105 e. The molecule has 1 atom stereocenters. The van der Waals surface area contributed by atoms with Crippen LogP contribution >= 0.6 is 0 Å². The molecule has 1 unspecified atom stereocenters. The minimum Gasteiger partial charge on any atom is -0.329 e. The Balaban J connectivity index is 2.21. The molecule has 1 rings (SSSR count). The summed E-state index contributed by atoms with van der Waals surface area (Å²) in [5.74, 6) is 0.876. The largest absolute Gasteiger partial charge is 0.329 e. The molecule has 1 aliphatic rings. The van der Waals surface area contributed by atoms with Gasteiger partial charge in [0.15, 0.2) is 0 Å². The maximum atomic E-state index is 5.56. The average molecular weight is 199 g/mol. The summed E-state index contributed by atoms with van der Waals surface area (Å²) in [5, 5.41) is 0. The fourth-order valence-electron chi connectivity index (χ4n) is 2.29. The van der Waals surface area contributed by atoms with Gasteiger partial charge in [-0.05, 0) is 32.0 Å². The molecule has 84 valence electrons. The first kappa shape index (κ1) is 12.0. The molecule has 0 saturated carbocycles. The molecule has 0 bridgehead atoms. The number of nitrogens with zero attached hydrogens (tertiary/aromatic N) is 2. The fraction of sp³-hybridized carbons (Fsp3) is 1.00. The maximum absolute atomic E-state index is 5.56. The van der Waals surface area contributed by atoms with Crippen molar-refractivity contribution in [3.63, 3.8) is 0 Å². The first-order valence-corrected chi connectivity index (χ1v) is 5.94. The van der Waals surface area contributed by atoms with Crippen molar-refractivity contribution in [1.29, 1.82) is 0 Å². The predicted molar refractivity (Wildman–Crippen MR) is 61.4 cm³/mol. The van der Waals surface area contributed by atoms with E-state index in [2.05, 4.69) is 23.6 Å². The maximum Gasteiger partial charge on any atom is 0.0105 e. The lowest BCUT2D eigenvalue weighted by Crippen LogP contribution is -2.32. The predicted octanol–water partition coefficient (Wildman–Crippen LogP) is 0.609. The van der Waals surface area contributed by atoms with Gasteiger partial charge in [0.2, 0.25) is 0 Å². The number of likely N-dealkylation sites (tertiary alicyclic amines) is 1. The second-order valence-corrected chi connectivity index (χ2v) is 4.23. The molecule has 1 fully saturated rings. The Hall–Kier alpha value is -0.120. The molecule has 0 amide bonds. The van der Waals surface area contributed by atoms with Gasteiger partial charge in [0.05, 0.1) is 0 Å². The van der Waals surface area contributed by atoms with Crippen molar-refractivity contribution in [2.75, 3.05) is 45.8 Å². The Morgan fingerprint density at radius 2 is 2.07 bits per heavy atom. The lowest BCUT2D eigenvalue weighted by Gasteiger charge is -2.22. The molecule has 14 heavy (non-hydrogen) atoms. The van der Waals surface area contributed by atoms with Crippen LogP contribution in [0.15, 0.2) is 0 Å². The van der Waals surface area contributed by atoms with Crippen LogP contribution in [0.25, 0.3) is 0 Å². The Morgan fingerprint density at radius 3 is 2.64 bits per heavy atom. The van der Waals surface area contributed by atoms with E-state index in [1.54, 1.807) is 0 Å². The van der Waals surface area contributed by atoms with Gasteiger partial charge in [0.1, 0.15) is 0 Å². The summed E-state index contributed by atoms with van der Waals surface area (Å²) in [4.78, 5) is 5.02. The van der Waals surface area contributed by atoms with Crippen LogP contribution in [0.3, 0.4) is 0 Å². The van der Waals surface area contributed by atoms with Crippen LogP contribution in [0.2, 0.25) is 0 Å². The molecule has 1 heterocycles. The Bertz CT molecular complexity index is 145. The summed E-state index contributed by atoms with van der Waals surface area (Å²) < 4.78 is 0. The lowest BCUT2D eigenvalue weighted by molar-refractivity contribution is 0.245. The van der Waals surface area contributed by atoms with Crippen molar-refractivity contribution in [1.82, 2.24) is 9.80 Å². The number of rotatable bonds is 6. The molecule has 0 radical (unpaired) electrons. The van der Waals surface area contributed by atoms with E-state index in [1.165, 1.54) is 39.1 Å². The molecule has 3 heteroatoms. The summed E-state index contributed by atoms with van der Waals surface area (Å²) in [5.41, 5.74) is 5.56. The molecular weight excluding hydrogens is 174 g/mol. The molecule has 2 N–H and O–H groups in total. The van der Waals surface area contributed by atoms with Crippen LogP contribution in [0.1, 0.15) is 20.3 Å². The van der Waals surface area contributed by atoms with Gasteiger partial charge in [-0.1, -0.05) is 13.8 Å². The first-order valence-electron chi connectivity index (χ1n) is 5.94. The quantitative estimate of drug-likeness (QED) is 0.680. The first-order chi connectivity index (χ1) is 6.80. The molecule has 0 spiro atoms. The van der Waals surface area contributed by atoms with Gasteiger partial charge in [-0.15, -0.1) is 0 Å². The summed E-state index contributed by atoms with van der Waals surface area (Å²) >= 11 is 0. The van der Waals surface area contributed by atoms with E-state index >= 15 is 0 Å². The van der Waals surface area contributed by atoms with Crippen molar-refractivity contribution in [2.45, 2.75) is 20.3 Å². The van der Waals surface area contributed by atoms with E-state index in [-0.39, 0.29) is 0 Å². The highest BCUT2D eigenvalue weighted by atomic mass is 15.2. The summed E-state index contributed by atoms with van der Waals surface area (Å²) in [6.07, 6.45) is 1.36. The molecular formula is C11H25N3. The second kappa shape index (κ2) is 6.38. The monoisotopic (exact) mass is 199 g/mol. The number of hydrogen-bond acceptors (Lipinski definition) is 3. The summed E-state index contributed by atoms with van der Waals surface area (Å²) in [6.45, 7) is 12.5. The molecule has 0 aliphatic carbocycles. The third-order valence-electron chi connectivity index (χ3n) is 3.23. The van der Waals surface area contributed by atoms with Crippen molar-refractivity contribution in [2.24, 2.45) is 11.7 Å². The summed E-state index contributed by atoms with van der Waals surface area (Å²) in [7, 11) is 0. The standard InChI is InChI=1S/C11H25N3/c1-3-13(4-2)9-11-5-7-14(10-11)8-6-12/h11H,3-10,12H2,1-2H3. The highest BCUT2D eigenvalue weighted by molar-refractivity contribution is 4.77. The molecule has 1 aliphatic heterocycles. The van der Waals surface area contributed by atoms with Crippen molar-refractivity contribution in [3.8, 4) is 0 Å². The van der Waals surface area contributed by atoms with Crippen molar-refractivity contribution < 1.29 is 0 Å². The van der Waals surface area contributed by atoms with Crippen LogP contribution in [-0.4, -0.2) is 55.6 Å². The topological polar surface area (TPSA) is 32.5 Å². The van der Waals surface area contributed by atoms with Crippen LogP contribution in [-0.2, 0) is 0 Å². The Kier molecular flexibility index (Phi) is 5.45. The highest BCUT2D eigenvalue weighted by Crippen LogP contribution is 2.16. The van der Waals surface area contributed by atoms with E-state index in [1.807, 2.05) is 0 Å². The van der Waals surface area contributed by atoms with Gasteiger partial charge in [-0.2, -0.15) is 0 Å². The molecule has 3 nitrogen and oxygen atoms in total. The van der Waals surface area contributed by atoms with E-state index in [9.17, 15) is 0 Å².